The molecule has 2 N–H and O–H groups in total. The molecule has 2 aliphatic heterocycles. The second-order valence-corrected chi connectivity index (χ2v) is 10.3. The third-order valence-electron chi connectivity index (χ3n) is 7.65. The number of urea groups is 1. The first-order valence-electron chi connectivity index (χ1n) is 12.8. The predicted octanol–water partition coefficient (Wildman–Crippen LogP) is 5.69. The van der Waals surface area contributed by atoms with E-state index in [0.717, 1.165) is 5.69 Å². The van der Waals surface area contributed by atoms with Crippen LogP contribution in [0.15, 0.2) is 48.5 Å². The van der Waals surface area contributed by atoms with Gasteiger partial charge in [0.25, 0.3) is 0 Å². The fourth-order valence-electron chi connectivity index (χ4n) is 5.52. The lowest BCUT2D eigenvalue weighted by molar-refractivity contribution is -0.138. The summed E-state index contributed by atoms with van der Waals surface area (Å²) in [4.78, 5) is 16.9. The molecule has 2 saturated heterocycles. The lowest BCUT2D eigenvalue weighted by Crippen LogP contribution is -2.51. The minimum atomic E-state index is -4.47. The van der Waals surface area contributed by atoms with E-state index in [1.807, 2.05) is 6.07 Å². The van der Waals surface area contributed by atoms with Crippen LogP contribution in [-0.2, 0) is 6.18 Å². The molecule has 2 atom stereocenters. The quantitative estimate of drug-likeness (QED) is 0.427. The van der Waals surface area contributed by atoms with Gasteiger partial charge in [-0.3, -0.25) is 5.10 Å². The summed E-state index contributed by atoms with van der Waals surface area (Å²) in [5.74, 6) is -0.915. The number of piperidine rings is 2. The highest BCUT2D eigenvalue weighted by Gasteiger charge is 2.37. The van der Waals surface area contributed by atoms with Crippen LogP contribution in [0.5, 0.6) is 0 Å². The summed E-state index contributed by atoms with van der Waals surface area (Å²) >= 11 is 0. The molecule has 3 heterocycles. The van der Waals surface area contributed by atoms with E-state index in [9.17, 15) is 27.5 Å². The van der Waals surface area contributed by atoms with Crippen molar-refractivity contribution in [1.29, 1.82) is 0 Å². The monoisotopic (exact) mass is 530 g/mol. The maximum absolute atomic E-state index is 13.8. The van der Waals surface area contributed by atoms with E-state index in [1.54, 1.807) is 28.0 Å². The summed E-state index contributed by atoms with van der Waals surface area (Å²) in [7, 11) is 0. The Balaban J connectivity index is 1.45. The molecule has 2 aliphatic rings. The highest BCUT2D eigenvalue weighted by molar-refractivity contribution is 5.75. The number of nitrogens with zero attached hydrogens (tertiary/aromatic N) is 3. The molecule has 38 heavy (non-hydrogen) atoms. The van der Waals surface area contributed by atoms with Gasteiger partial charge in [-0.25, -0.2) is 9.18 Å². The maximum Gasteiger partial charge on any atom is 0.416 e. The second kappa shape index (κ2) is 10.4. The first kappa shape index (κ1) is 26.2. The van der Waals surface area contributed by atoms with Crippen molar-refractivity contribution in [3.8, 4) is 11.3 Å². The molecule has 10 heteroatoms. The number of nitrogens with one attached hydrogen (secondary N) is 1. The van der Waals surface area contributed by atoms with Gasteiger partial charge in [0.2, 0.25) is 0 Å². The molecule has 2 amide bonds. The average Bonchev–Trinajstić information content (AvgIpc) is 3.39. The van der Waals surface area contributed by atoms with E-state index in [4.69, 9.17) is 0 Å². The number of H-pyrrole nitrogens is 1. The number of aliphatic hydroxyl groups excluding tert-OH is 1. The van der Waals surface area contributed by atoms with Crippen LogP contribution in [-0.4, -0.2) is 63.4 Å². The molecule has 1 aromatic heterocycles. The van der Waals surface area contributed by atoms with Crippen LogP contribution in [0.25, 0.3) is 11.3 Å². The number of carbonyl (C=O) groups excluding carboxylic acids is 1. The van der Waals surface area contributed by atoms with E-state index in [-0.39, 0.29) is 29.2 Å². The fourth-order valence-corrected chi connectivity index (χ4v) is 5.52. The van der Waals surface area contributed by atoms with Gasteiger partial charge in [0.15, 0.2) is 0 Å². The number of likely N-dealkylation sites (tertiary alicyclic amines) is 2. The Kier molecular flexibility index (Phi) is 7.17. The van der Waals surface area contributed by atoms with Crippen molar-refractivity contribution in [2.24, 2.45) is 0 Å². The number of aryl methyl sites for hydroxylation is 1. The fraction of sp³-hybridized carbons (Fsp3) is 0.429. The van der Waals surface area contributed by atoms with E-state index >= 15 is 0 Å². The van der Waals surface area contributed by atoms with Gasteiger partial charge >= 0.3 is 12.2 Å². The molecule has 0 radical (unpaired) electrons. The molecular formula is C28H30F4N4O2. The Labute approximate surface area is 218 Å². The number of aromatic nitrogens is 2. The SMILES string of the molecule is Cc1ccc(C2CC(c3cc(-c4cccc(F)c4)n[nH]3)CN(C(=O)N3CCC(O)CC3)C2)cc1C(F)(F)F. The zero-order chi connectivity index (χ0) is 27.0. The standard InChI is InChI=1S/C28H30F4N4O2/c1-17-5-6-18(13-24(17)28(30,31)32)20-11-21(16-36(15-20)27(38)35-9-7-23(37)8-10-35)26-14-25(33-34-26)19-3-2-4-22(29)12-19/h2-6,12-14,20-21,23,37H,7-11,15-16H2,1H3,(H,33,34). The summed E-state index contributed by atoms with van der Waals surface area (Å²) in [6.07, 6.45) is -3.39. The molecule has 0 saturated carbocycles. The van der Waals surface area contributed by atoms with E-state index in [1.165, 1.54) is 31.2 Å². The van der Waals surface area contributed by atoms with Crippen LogP contribution < -0.4 is 0 Å². The number of rotatable bonds is 3. The number of aromatic amines is 1. The Morgan fingerprint density at radius 2 is 1.76 bits per heavy atom. The van der Waals surface area contributed by atoms with E-state index in [2.05, 4.69) is 10.2 Å². The van der Waals surface area contributed by atoms with Crippen LogP contribution in [0.4, 0.5) is 22.4 Å². The smallest absolute Gasteiger partial charge is 0.393 e. The number of benzene rings is 2. The Morgan fingerprint density at radius 3 is 2.47 bits per heavy atom. The minimum absolute atomic E-state index is 0.154. The van der Waals surface area contributed by atoms with Gasteiger partial charge in [0.05, 0.1) is 17.4 Å². The molecule has 2 aromatic carbocycles. The second-order valence-electron chi connectivity index (χ2n) is 10.3. The molecule has 0 spiro atoms. The van der Waals surface area contributed by atoms with Crippen LogP contribution in [0, 0.1) is 12.7 Å². The largest absolute Gasteiger partial charge is 0.416 e. The molecule has 6 nitrogen and oxygen atoms in total. The van der Waals surface area contributed by atoms with Crippen molar-refractivity contribution in [3.63, 3.8) is 0 Å². The molecule has 2 fully saturated rings. The first-order valence-corrected chi connectivity index (χ1v) is 12.8. The van der Waals surface area contributed by atoms with Crippen molar-refractivity contribution in [2.75, 3.05) is 26.2 Å². The highest BCUT2D eigenvalue weighted by atomic mass is 19.4. The molecule has 5 rings (SSSR count). The molecule has 3 aromatic rings. The van der Waals surface area contributed by atoms with Gasteiger partial charge in [0, 0.05) is 49.3 Å². The molecular weight excluding hydrogens is 500 g/mol. The zero-order valence-corrected chi connectivity index (χ0v) is 21.0. The van der Waals surface area contributed by atoms with Crippen LogP contribution in [0.2, 0.25) is 0 Å². The third-order valence-corrected chi connectivity index (χ3v) is 7.65. The number of hydrogen-bond acceptors (Lipinski definition) is 3. The summed E-state index contributed by atoms with van der Waals surface area (Å²) in [6, 6.07) is 12.1. The lowest BCUT2D eigenvalue weighted by Gasteiger charge is -2.41. The third kappa shape index (κ3) is 5.55. The van der Waals surface area contributed by atoms with E-state index in [0.29, 0.717) is 62.3 Å². The molecule has 0 bridgehead atoms. The number of aliphatic hydroxyl groups is 1. The number of halogens is 4. The van der Waals surface area contributed by atoms with Crippen molar-refractivity contribution >= 4 is 6.03 Å². The van der Waals surface area contributed by atoms with Gasteiger partial charge in [-0.05, 0) is 61.6 Å². The summed E-state index contributed by atoms with van der Waals surface area (Å²) < 4.78 is 54.8. The lowest BCUT2D eigenvalue weighted by atomic mass is 9.82. The topological polar surface area (TPSA) is 72.5 Å². The number of alkyl halides is 3. The van der Waals surface area contributed by atoms with Crippen LogP contribution in [0.1, 0.15) is 53.5 Å². The van der Waals surface area contributed by atoms with Gasteiger partial charge in [-0.15, -0.1) is 0 Å². The number of hydrogen-bond donors (Lipinski definition) is 2. The Morgan fingerprint density at radius 1 is 1.03 bits per heavy atom. The molecule has 0 aliphatic carbocycles. The average molecular weight is 531 g/mol. The summed E-state index contributed by atoms with van der Waals surface area (Å²) in [5, 5.41) is 17.2. The van der Waals surface area contributed by atoms with Crippen molar-refractivity contribution in [1.82, 2.24) is 20.0 Å². The van der Waals surface area contributed by atoms with Crippen molar-refractivity contribution in [3.05, 3.63) is 76.7 Å². The van der Waals surface area contributed by atoms with Gasteiger partial charge in [-0.1, -0.05) is 24.3 Å². The zero-order valence-electron chi connectivity index (χ0n) is 21.0. The van der Waals surface area contributed by atoms with Crippen LogP contribution in [0.3, 0.4) is 0 Å². The minimum Gasteiger partial charge on any atom is -0.393 e. The molecule has 2 unspecified atom stereocenters. The predicted molar refractivity (Wildman–Crippen MR) is 134 cm³/mol. The van der Waals surface area contributed by atoms with Gasteiger partial charge in [-0.2, -0.15) is 18.3 Å². The van der Waals surface area contributed by atoms with Crippen molar-refractivity contribution < 1.29 is 27.5 Å². The first-order chi connectivity index (χ1) is 18.1. The summed E-state index contributed by atoms with van der Waals surface area (Å²) in [5.41, 5.74) is 1.91. The van der Waals surface area contributed by atoms with Gasteiger partial charge in [0.1, 0.15) is 5.82 Å². The highest BCUT2D eigenvalue weighted by Crippen LogP contribution is 2.39. The van der Waals surface area contributed by atoms with Crippen molar-refractivity contribution in [2.45, 2.75) is 50.3 Å². The molecule has 202 valence electrons. The normalized spacial score (nSPS) is 21.1. The van der Waals surface area contributed by atoms with Gasteiger partial charge < -0.3 is 14.9 Å². The Hall–Kier alpha value is -3.40. The number of carbonyl (C=O) groups is 1. The maximum atomic E-state index is 13.8. The van der Waals surface area contributed by atoms with E-state index < -0.39 is 17.8 Å². The summed E-state index contributed by atoms with van der Waals surface area (Å²) in [6.45, 7) is 2.97. The number of amides is 2. The Bertz CT molecular complexity index is 1300. The van der Waals surface area contributed by atoms with Crippen LogP contribution >= 0.6 is 0 Å².